The van der Waals surface area contributed by atoms with Gasteiger partial charge in [0.2, 0.25) is 5.17 Å². The number of nitro groups is 1. The standard InChI is InChI=1S/C20H17F8N7O5S2/c1-42(39,40)6-2-5-34-17(31-32-33-34)41-14-4-3-11(35(37)38)8-12(14)16(36)30-15-13(21)7-10(9-29-15)18(22,23)19(24,25)20(26,27)28/h3-4,7-9,32-33H,2,5-6H2,1H3,(H,29,30,36). The molecule has 0 spiro atoms. The van der Waals surface area contributed by atoms with Crippen LogP contribution in [-0.2, 0) is 15.8 Å². The summed E-state index contributed by atoms with van der Waals surface area (Å²) in [6.45, 7) is 0.0971. The van der Waals surface area contributed by atoms with Gasteiger partial charge < -0.3 is 5.32 Å². The number of nitrogens with zero attached hydrogens (tertiary/aromatic N) is 4. The van der Waals surface area contributed by atoms with E-state index in [-0.39, 0.29) is 41.0 Å². The van der Waals surface area contributed by atoms with E-state index in [2.05, 4.69) is 21.2 Å². The first-order chi connectivity index (χ1) is 19.2. The van der Waals surface area contributed by atoms with Crippen molar-refractivity contribution in [2.75, 3.05) is 23.9 Å². The summed E-state index contributed by atoms with van der Waals surface area (Å²) >= 11 is 0.733. The minimum Gasteiger partial charge on any atom is -0.304 e. The number of non-ortho nitro benzene ring substituents is 1. The lowest BCUT2D eigenvalue weighted by atomic mass is 10.0. The van der Waals surface area contributed by atoms with Crippen molar-refractivity contribution in [3.8, 4) is 0 Å². The molecule has 0 bridgehead atoms. The Hall–Kier alpha value is -3.79. The van der Waals surface area contributed by atoms with Crippen LogP contribution < -0.4 is 16.4 Å². The molecule has 0 radical (unpaired) electrons. The fourth-order valence-electron chi connectivity index (χ4n) is 3.19. The normalized spacial score (nSPS) is 14.4. The summed E-state index contributed by atoms with van der Waals surface area (Å²) in [5, 5.41) is 18.4. The van der Waals surface area contributed by atoms with Crippen LogP contribution in [0.15, 0.2) is 40.5 Å². The highest BCUT2D eigenvalue weighted by atomic mass is 32.2. The van der Waals surface area contributed by atoms with Gasteiger partial charge in [0, 0.05) is 41.6 Å². The first-order valence-corrected chi connectivity index (χ1v) is 13.9. The molecule has 0 fully saturated rings. The molecule has 1 aromatic carbocycles. The van der Waals surface area contributed by atoms with Gasteiger partial charge in [-0.1, -0.05) is 0 Å². The Bertz CT molecular complexity index is 1520. The number of hydrogen-bond acceptors (Lipinski definition) is 11. The summed E-state index contributed by atoms with van der Waals surface area (Å²) in [6.07, 6.45) is -5.70. The van der Waals surface area contributed by atoms with Crippen molar-refractivity contribution >= 4 is 44.2 Å². The smallest absolute Gasteiger partial charge is 0.304 e. The van der Waals surface area contributed by atoms with Crippen LogP contribution in [0.4, 0.5) is 46.6 Å². The number of hydrazine groups is 2. The molecule has 1 aliphatic heterocycles. The van der Waals surface area contributed by atoms with E-state index in [4.69, 9.17) is 0 Å². The number of amidine groups is 1. The molecule has 12 nitrogen and oxygen atoms in total. The number of hydrazone groups is 1. The Morgan fingerprint density at radius 3 is 2.40 bits per heavy atom. The zero-order valence-electron chi connectivity index (χ0n) is 20.7. The van der Waals surface area contributed by atoms with E-state index in [0.29, 0.717) is 0 Å². The number of carbonyl (C=O) groups is 1. The van der Waals surface area contributed by atoms with Gasteiger partial charge in [-0.3, -0.25) is 19.9 Å². The lowest BCUT2D eigenvalue weighted by Crippen LogP contribution is -2.50. The van der Waals surface area contributed by atoms with Crippen molar-refractivity contribution in [2.45, 2.75) is 29.3 Å². The van der Waals surface area contributed by atoms with E-state index in [1.165, 1.54) is 5.01 Å². The maximum Gasteiger partial charge on any atom is 0.460 e. The Morgan fingerprint density at radius 1 is 1.17 bits per heavy atom. The van der Waals surface area contributed by atoms with Gasteiger partial charge in [-0.15, -0.1) is 10.6 Å². The number of benzene rings is 1. The van der Waals surface area contributed by atoms with Crippen molar-refractivity contribution in [1.82, 2.24) is 21.1 Å². The third-order valence-corrected chi connectivity index (χ3v) is 7.37. The molecule has 0 saturated heterocycles. The summed E-state index contributed by atoms with van der Waals surface area (Å²) in [5.41, 5.74) is 1.73. The van der Waals surface area contributed by atoms with E-state index in [0.717, 1.165) is 36.2 Å². The molecule has 0 atom stereocenters. The molecular formula is C20H17F8N7O5S2. The van der Waals surface area contributed by atoms with Crippen molar-refractivity contribution in [3.63, 3.8) is 0 Å². The highest BCUT2D eigenvalue weighted by molar-refractivity contribution is 8.13. The fourth-order valence-corrected chi connectivity index (χ4v) is 4.77. The molecule has 230 valence electrons. The van der Waals surface area contributed by atoms with Gasteiger partial charge in [0.15, 0.2) is 11.6 Å². The van der Waals surface area contributed by atoms with Crippen LogP contribution in [0.25, 0.3) is 0 Å². The Kier molecular flexibility index (Phi) is 9.22. The average Bonchev–Trinajstić information content (AvgIpc) is 3.30. The van der Waals surface area contributed by atoms with Crippen molar-refractivity contribution in [2.24, 2.45) is 5.10 Å². The van der Waals surface area contributed by atoms with E-state index in [1.54, 1.807) is 5.32 Å². The van der Waals surface area contributed by atoms with Crippen molar-refractivity contribution < 1.29 is 53.3 Å². The molecule has 3 N–H and O–H groups in total. The summed E-state index contributed by atoms with van der Waals surface area (Å²) < 4.78 is 129. The number of amides is 1. The number of pyridine rings is 1. The minimum absolute atomic E-state index is 0.0381. The van der Waals surface area contributed by atoms with Crippen LogP contribution >= 0.6 is 11.8 Å². The number of halogens is 8. The van der Waals surface area contributed by atoms with Gasteiger partial charge in [-0.25, -0.2) is 23.3 Å². The summed E-state index contributed by atoms with van der Waals surface area (Å²) in [7, 11) is -3.28. The second kappa shape index (κ2) is 11.8. The molecule has 3 rings (SSSR count). The van der Waals surface area contributed by atoms with Crippen LogP contribution in [-0.4, -0.2) is 65.1 Å². The van der Waals surface area contributed by atoms with Crippen LogP contribution in [0.3, 0.4) is 0 Å². The number of thioether (sulfide) groups is 1. The Balaban J connectivity index is 1.87. The summed E-state index contributed by atoms with van der Waals surface area (Å²) in [5.74, 6) is -17.1. The number of carbonyl (C=O) groups excluding carboxylic acids is 1. The maximum absolute atomic E-state index is 14.5. The molecule has 2 aromatic rings. The molecule has 22 heteroatoms. The van der Waals surface area contributed by atoms with Gasteiger partial charge in [-0.2, -0.15) is 30.7 Å². The number of nitro benzene ring substituents is 1. The molecular weight excluding hydrogens is 634 g/mol. The predicted molar refractivity (Wildman–Crippen MR) is 131 cm³/mol. The number of anilines is 1. The SMILES string of the molecule is CS(=O)(=O)CCCN1NNN=C1Sc1ccc([N+](=O)[O-])cc1C(=O)Nc1ncc(C(F)(F)C(F)(F)C(F)(F)F)cc1F. The molecule has 0 saturated carbocycles. The average molecular weight is 652 g/mol. The van der Waals surface area contributed by atoms with Crippen LogP contribution in [0.2, 0.25) is 0 Å². The van der Waals surface area contributed by atoms with Crippen LogP contribution in [0, 0.1) is 15.9 Å². The zero-order valence-corrected chi connectivity index (χ0v) is 22.3. The number of alkyl halides is 7. The number of aromatic nitrogens is 1. The monoisotopic (exact) mass is 651 g/mol. The lowest BCUT2D eigenvalue weighted by Gasteiger charge is -2.28. The molecule has 1 amide bonds. The van der Waals surface area contributed by atoms with Gasteiger partial charge in [-0.05, 0) is 30.3 Å². The molecule has 1 aromatic heterocycles. The van der Waals surface area contributed by atoms with E-state index >= 15 is 0 Å². The van der Waals surface area contributed by atoms with Gasteiger partial charge in [0.1, 0.15) is 9.84 Å². The minimum atomic E-state index is -6.69. The van der Waals surface area contributed by atoms with Gasteiger partial charge in [0.25, 0.3) is 11.6 Å². The largest absolute Gasteiger partial charge is 0.460 e. The van der Waals surface area contributed by atoms with E-state index in [1.807, 2.05) is 0 Å². The van der Waals surface area contributed by atoms with Crippen molar-refractivity contribution in [1.29, 1.82) is 0 Å². The number of sulfone groups is 1. The zero-order chi connectivity index (χ0) is 31.7. The lowest BCUT2D eigenvalue weighted by molar-refractivity contribution is -0.384. The quantitative estimate of drug-likeness (QED) is 0.196. The van der Waals surface area contributed by atoms with Crippen LogP contribution in [0.1, 0.15) is 22.3 Å². The summed E-state index contributed by atoms with van der Waals surface area (Å²) in [6, 6.07) is 2.50. The summed E-state index contributed by atoms with van der Waals surface area (Å²) in [4.78, 5) is 26.3. The third-order valence-electron chi connectivity index (χ3n) is 5.27. The highest BCUT2D eigenvalue weighted by Crippen LogP contribution is 2.51. The Morgan fingerprint density at radius 2 is 1.83 bits per heavy atom. The fraction of sp³-hybridized carbons (Fsp3) is 0.350. The number of nitrogens with one attached hydrogen (secondary N) is 3. The highest BCUT2D eigenvalue weighted by Gasteiger charge is 2.73. The second-order valence-corrected chi connectivity index (χ2v) is 11.7. The number of hydrogen-bond donors (Lipinski definition) is 3. The van der Waals surface area contributed by atoms with Crippen LogP contribution in [0.5, 0.6) is 0 Å². The topological polar surface area (TPSA) is 159 Å². The molecule has 1 aliphatic rings. The molecule has 0 unspecified atom stereocenters. The molecule has 2 heterocycles. The molecule has 42 heavy (non-hydrogen) atoms. The Labute approximate surface area is 234 Å². The third kappa shape index (κ3) is 7.15. The first kappa shape index (κ1) is 32.7. The van der Waals surface area contributed by atoms with E-state index < -0.39 is 67.1 Å². The van der Waals surface area contributed by atoms with Crippen molar-refractivity contribution in [3.05, 3.63) is 57.5 Å². The maximum atomic E-state index is 14.5. The molecule has 0 aliphatic carbocycles. The van der Waals surface area contributed by atoms with Gasteiger partial charge in [0.05, 0.1) is 16.2 Å². The van der Waals surface area contributed by atoms with E-state index in [9.17, 15) is 58.4 Å². The van der Waals surface area contributed by atoms with Gasteiger partial charge >= 0.3 is 18.0 Å². The number of rotatable bonds is 10. The first-order valence-electron chi connectivity index (χ1n) is 11.0. The predicted octanol–water partition coefficient (Wildman–Crippen LogP) is 3.79. The second-order valence-electron chi connectivity index (χ2n) is 8.45.